The summed E-state index contributed by atoms with van der Waals surface area (Å²) < 4.78 is 0. The van der Waals surface area contributed by atoms with Gasteiger partial charge in [-0.1, -0.05) is 74.0 Å². The van der Waals surface area contributed by atoms with E-state index in [4.69, 9.17) is 23.2 Å². The average Bonchev–Trinajstić information content (AvgIpc) is 2.85. The number of rotatable bonds is 11. The van der Waals surface area contributed by atoms with Gasteiger partial charge in [-0.15, -0.1) is 6.58 Å². The summed E-state index contributed by atoms with van der Waals surface area (Å²) in [5.74, 6) is -0.641. The van der Waals surface area contributed by atoms with Gasteiger partial charge in [0, 0.05) is 16.0 Å². The third-order valence-electron chi connectivity index (χ3n) is 6.97. The largest absolute Gasteiger partial charge is 0.394 e. The molecule has 1 heterocycles. The van der Waals surface area contributed by atoms with Gasteiger partial charge in [0.25, 0.3) is 0 Å². The van der Waals surface area contributed by atoms with Gasteiger partial charge in [0.15, 0.2) is 0 Å². The quantitative estimate of drug-likeness (QED) is 0.245. The Morgan fingerprint density at radius 2 is 2.05 bits per heavy atom. The highest BCUT2D eigenvalue weighted by Gasteiger charge is 2.52. The number of halogens is 2. The Bertz CT molecular complexity index is 1080. The first kappa shape index (κ1) is 30.9. The Morgan fingerprint density at radius 3 is 2.59 bits per heavy atom. The fraction of sp³-hybridized carbons (Fsp3) is 0.467. The lowest BCUT2D eigenvalue weighted by Crippen LogP contribution is -2.64. The Balaban J connectivity index is 2.76. The molecule has 202 valence electrons. The predicted octanol–water partition coefficient (Wildman–Crippen LogP) is 6.53. The lowest BCUT2D eigenvalue weighted by Gasteiger charge is -2.52. The maximum absolute atomic E-state index is 14.3. The van der Waals surface area contributed by atoms with E-state index in [1.54, 1.807) is 37.0 Å². The van der Waals surface area contributed by atoms with Crippen molar-refractivity contribution in [3.63, 3.8) is 0 Å². The first-order chi connectivity index (χ1) is 17.3. The molecule has 1 unspecified atom stereocenters. The highest BCUT2D eigenvalue weighted by molar-refractivity contribution is 6.31. The van der Waals surface area contributed by atoms with Crippen molar-refractivity contribution in [1.82, 2.24) is 10.2 Å². The van der Waals surface area contributed by atoms with E-state index < -0.39 is 23.0 Å². The van der Waals surface area contributed by atoms with Gasteiger partial charge in [-0.05, 0) is 69.4 Å². The molecule has 7 heteroatoms. The Labute approximate surface area is 231 Å². The van der Waals surface area contributed by atoms with Crippen molar-refractivity contribution in [2.45, 2.75) is 77.4 Å². The summed E-state index contributed by atoms with van der Waals surface area (Å²) in [6.07, 6.45) is 8.45. The van der Waals surface area contributed by atoms with E-state index in [1.807, 2.05) is 51.1 Å². The van der Waals surface area contributed by atoms with Crippen LogP contribution in [0.15, 0.2) is 72.3 Å². The van der Waals surface area contributed by atoms with Crippen LogP contribution < -0.4 is 5.32 Å². The van der Waals surface area contributed by atoms with E-state index in [0.717, 1.165) is 5.56 Å². The lowest BCUT2D eigenvalue weighted by atomic mass is 9.67. The SMILES string of the molecule is C=CC[C@@]1(C)C[C@H](c2cccc(Cl)c2)[C@@H](C(=C)/C=C\C(Cl)=C/C)N(C(CC)C(=O)NC(C)(C)CO)C1=O. The molecule has 1 aliphatic heterocycles. The number of amides is 2. The van der Waals surface area contributed by atoms with Crippen molar-refractivity contribution < 1.29 is 14.7 Å². The summed E-state index contributed by atoms with van der Waals surface area (Å²) >= 11 is 12.6. The van der Waals surface area contributed by atoms with E-state index in [1.165, 1.54) is 0 Å². The lowest BCUT2D eigenvalue weighted by molar-refractivity contribution is -0.157. The molecule has 1 aliphatic rings. The molecular weight excluding hydrogens is 507 g/mol. The fourth-order valence-electron chi connectivity index (χ4n) is 4.96. The van der Waals surface area contributed by atoms with Crippen LogP contribution in [-0.4, -0.2) is 46.1 Å². The number of piperidine rings is 1. The standard InChI is InChI=1S/C30H40Cl2N2O3/c1-8-16-30(7)18-24(21-12-11-13-23(32)17-21)26(20(4)14-15-22(31)9-2)34(28(30)37)25(10-3)27(36)33-29(5,6)19-35/h8-9,11-15,17,24-26,35H,1,4,10,16,18-19H2,2-3,5-7H3,(H,33,36)/b15-14-,22-9+/t24-,25?,26-,30+/m1/s1. The van der Waals surface area contributed by atoms with Gasteiger partial charge in [-0.2, -0.15) is 0 Å². The number of allylic oxidation sites excluding steroid dienone is 4. The van der Waals surface area contributed by atoms with Gasteiger partial charge in [0.2, 0.25) is 11.8 Å². The summed E-state index contributed by atoms with van der Waals surface area (Å²) in [5.41, 5.74) is -0.00269. The summed E-state index contributed by atoms with van der Waals surface area (Å²) in [4.78, 5) is 29.5. The molecule has 37 heavy (non-hydrogen) atoms. The molecule has 5 nitrogen and oxygen atoms in total. The van der Waals surface area contributed by atoms with E-state index in [-0.39, 0.29) is 24.3 Å². The number of aliphatic hydroxyl groups excluding tert-OH is 1. The van der Waals surface area contributed by atoms with Crippen LogP contribution in [0.5, 0.6) is 0 Å². The molecule has 0 aromatic heterocycles. The zero-order chi connectivity index (χ0) is 28.0. The van der Waals surface area contributed by atoms with Crippen molar-refractivity contribution in [2.24, 2.45) is 5.41 Å². The smallest absolute Gasteiger partial charge is 0.243 e. The number of likely N-dealkylation sites (tertiary alicyclic amines) is 1. The monoisotopic (exact) mass is 546 g/mol. The van der Waals surface area contributed by atoms with Gasteiger partial charge >= 0.3 is 0 Å². The minimum Gasteiger partial charge on any atom is -0.394 e. The van der Waals surface area contributed by atoms with E-state index in [2.05, 4.69) is 18.5 Å². The second-order valence-corrected chi connectivity index (χ2v) is 11.5. The molecule has 2 amide bonds. The molecule has 0 saturated carbocycles. The van der Waals surface area contributed by atoms with Crippen molar-refractivity contribution in [3.05, 3.63) is 82.9 Å². The number of carbonyl (C=O) groups excluding carboxylic acids is 2. The molecule has 0 bridgehead atoms. The molecule has 2 rings (SSSR count). The fourth-order valence-corrected chi connectivity index (χ4v) is 5.22. The Kier molecular flexibility index (Phi) is 10.8. The van der Waals surface area contributed by atoms with Crippen LogP contribution in [0.4, 0.5) is 0 Å². The predicted molar refractivity (Wildman–Crippen MR) is 154 cm³/mol. The van der Waals surface area contributed by atoms with E-state index >= 15 is 0 Å². The maximum Gasteiger partial charge on any atom is 0.243 e. The van der Waals surface area contributed by atoms with Crippen LogP contribution in [0.2, 0.25) is 5.02 Å². The Morgan fingerprint density at radius 1 is 1.38 bits per heavy atom. The molecule has 0 aliphatic carbocycles. The first-order valence-electron chi connectivity index (χ1n) is 12.6. The van der Waals surface area contributed by atoms with Crippen molar-refractivity contribution in [1.29, 1.82) is 0 Å². The van der Waals surface area contributed by atoms with Gasteiger partial charge in [-0.25, -0.2) is 0 Å². The minimum atomic E-state index is -0.841. The van der Waals surface area contributed by atoms with Crippen LogP contribution in [0.3, 0.4) is 0 Å². The van der Waals surface area contributed by atoms with Crippen LogP contribution in [0, 0.1) is 5.41 Å². The zero-order valence-electron chi connectivity index (χ0n) is 22.6. The molecule has 1 fully saturated rings. The summed E-state index contributed by atoms with van der Waals surface area (Å²) in [7, 11) is 0. The normalized spacial score (nSPS) is 23.7. The highest BCUT2D eigenvalue weighted by Crippen LogP contribution is 2.48. The number of hydrogen-bond donors (Lipinski definition) is 2. The zero-order valence-corrected chi connectivity index (χ0v) is 24.1. The summed E-state index contributed by atoms with van der Waals surface area (Å²) in [5, 5.41) is 13.8. The number of aliphatic hydroxyl groups is 1. The number of nitrogens with zero attached hydrogens (tertiary/aromatic N) is 1. The van der Waals surface area contributed by atoms with Crippen LogP contribution in [0.25, 0.3) is 0 Å². The summed E-state index contributed by atoms with van der Waals surface area (Å²) in [6.45, 7) is 17.1. The first-order valence-corrected chi connectivity index (χ1v) is 13.4. The second-order valence-electron chi connectivity index (χ2n) is 10.6. The van der Waals surface area contributed by atoms with Crippen LogP contribution in [0.1, 0.15) is 65.4 Å². The average molecular weight is 548 g/mol. The minimum absolute atomic E-state index is 0.133. The van der Waals surface area contributed by atoms with Crippen molar-refractivity contribution >= 4 is 35.0 Å². The molecule has 1 aromatic rings. The molecule has 1 aromatic carbocycles. The number of carbonyl (C=O) groups is 2. The van der Waals surface area contributed by atoms with Crippen molar-refractivity contribution in [3.8, 4) is 0 Å². The van der Waals surface area contributed by atoms with Crippen LogP contribution >= 0.6 is 23.2 Å². The Hall–Kier alpha value is -2.34. The number of benzene rings is 1. The highest BCUT2D eigenvalue weighted by atomic mass is 35.5. The second kappa shape index (κ2) is 12.9. The van der Waals surface area contributed by atoms with Gasteiger partial charge in [0.1, 0.15) is 6.04 Å². The van der Waals surface area contributed by atoms with E-state index in [0.29, 0.717) is 34.9 Å². The van der Waals surface area contributed by atoms with Crippen molar-refractivity contribution in [2.75, 3.05) is 6.61 Å². The van der Waals surface area contributed by atoms with Crippen LogP contribution in [-0.2, 0) is 9.59 Å². The van der Waals surface area contributed by atoms with Gasteiger partial charge < -0.3 is 15.3 Å². The molecule has 2 N–H and O–H groups in total. The van der Waals surface area contributed by atoms with E-state index in [9.17, 15) is 14.7 Å². The number of nitrogens with one attached hydrogen (secondary N) is 1. The summed E-state index contributed by atoms with van der Waals surface area (Å²) in [6, 6.07) is 6.31. The van der Waals surface area contributed by atoms with Gasteiger partial charge in [-0.3, -0.25) is 9.59 Å². The molecular formula is C30H40Cl2N2O3. The topological polar surface area (TPSA) is 69.6 Å². The van der Waals surface area contributed by atoms with Gasteiger partial charge in [0.05, 0.1) is 23.6 Å². The maximum atomic E-state index is 14.3. The number of hydrogen-bond acceptors (Lipinski definition) is 3. The molecule has 0 spiro atoms. The molecule has 0 radical (unpaired) electrons. The molecule has 4 atom stereocenters. The third-order valence-corrected chi connectivity index (χ3v) is 7.55. The third kappa shape index (κ3) is 7.37. The molecule has 1 saturated heterocycles.